The monoisotopic (exact) mass is 245 g/mol. The van der Waals surface area contributed by atoms with Crippen LogP contribution in [0, 0.1) is 0 Å². The van der Waals surface area contributed by atoms with Crippen LogP contribution in [0.25, 0.3) is 0 Å². The Morgan fingerprint density at radius 3 is 2.00 bits per heavy atom. The molecule has 3 nitrogen and oxygen atoms in total. The summed E-state index contributed by atoms with van der Waals surface area (Å²) in [5.41, 5.74) is 2.74. The lowest BCUT2D eigenvalue weighted by molar-refractivity contribution is 0.449. The van der Waals surface area contributed by atoms with Crippen LogP contribution in [0.1, 0.15) is 48.8 Å². The summed E-state index contributed by atoms with van der Waals surface area (Å²) in [4.78, 5) is 4.73. The molecule has 2 aliphatic heterocycles. The van der Waals surface area contributed by atoms with Gasteiger partial charge in [-0.25, -0.2) is 0 Å². The minimum Gasteiger partial charge on any atom is -0.317 e. The molecule has 2 aliphatic rings. The Kier molecular flexibility index (Phi) is 3.91. The fraction of sp³-hybridized carbons (Fsp3) is 0.667. The zero-order chi connectivity index (χ0) is 12.2. The minimum absolute atomic E-state index is 0.674. The third kappa shape index (κ3) is 2.73. The van der Waals surface area contributed by atoms with Gasteiger partial charge in [-0.05, 0) is 69.4 Å². The van der Waals surface area contributed by atoms with E-state index in [0.29, 0.717) is 5.92 Å². The number of hydrogen-bond donors (Lipinski definition) is 2. The third-order valence-corrected chi connectivity index (χ3v) is 4.38. The fourth-order valence-corrected chi connectivity index (χ4v) is 3.17. The number of hydrogen-bond acceptors (Lipinski definition) is 3. The highest BCUT2D eigenvalue weighted by Gasteiger charge is 2.18. The average molecular weight is 245 g/mol. The second kappa shape index (κ2) is 5.81. The van der Waals surface area contributed by atoms with Crippen molar-refractivity contribution in [3.63, 3.8) is 0 Å². The molecule has 1 aromatic rings. The van der Waals surface area contributed by atoms with Gasteiger partial charge in [0, 0.05) is 17.8 Å². The van der Waals surface area contributed by atoms with E-state index in [9.17, 15) is 0 Å². The Bertz CT molecular complexity index is 325. The van der Waals surface area contributed by atoms with E-state index in [-0.39, 0.29) is 0 Å². The van der Waals surface area contributed by atoms with E-state index >= 15 is 0 Å². The lowest BCUT2D eigenvalue weighted by Gasteiger charge is -2.24. The van der Waals surface area contributed by atoms with E-state index in [1.54, 1.807) is 0 Å². The first-order valence-corrected chi connectivity index (χ1v) is 7.31. The van der Waals surface area contributed by atoms with Gasteiger partial charge >= 0.3 is 0 Å². The lowest BCUT2D eigenvalue weighted by atomic mass is 9.89. The van der Waals surface area contributed by atoms with Crippen LogP contribution in [0.4, 0.5) is 0 Å². The Balaban J connectivity index is 1.67. The Morgan fingerprint density at radius 2 is 1.44 bits per heavy atom. The third-order valence-electron chi connectivity index (χ3n) is 4.38. The molecule has 0 unspecified atom stereocenters. The van der Waals surface area contributed by atoms with Gasteiger partial charge in [-0.3, -0.25) is 4.98 Å². The van der Waals surface area contributed by atoms with Crippen LogP contribution in [-0.2, 0) is 0 Å². The zero-order valence-corrected chi connectivity index (χ0v) is 11.0. The second-order valence-electron chi connectivity index (χ2n) is 5.56. The van der Waals surface area contributed by atoms with Gasteiger partial charge in [0.25, 0.3) is 0 Å². The van der Waals surface area contributed by atoms with Gasteiger partial charge in [0.05, 0.1) is 0 Å². The first-order chi connectivity index (χ1) is 8.93. The molecule has 2 fully saturated rings. The van der Waals surface area contributed by atoms with Gasteiger partial charge in [-0.1, -0.05) is 6.07 Å². The van der Waals surface area contributed by atoms with E-state index in [1.807, 2.05) is 0 Å². The summed E-state index contributed by atoms with van der Waals surface area (Å²) in [5, 5.41) is 6.83. The molecule has 0 radical (unpaired) electrons. The molecule has 3 heterocycles. The van der Waals surface area contributed by atoms with Crippen LogP contribution in [-0.4, -0.2) is 31.2 Å². The van der Waals surface area contributed by atoms with Crippen molar-refractivity contribution in [3.05, 3.63) is 29.6 Å². The van der Waals surface area contributed by atoms with E-state index in [2.05, 4.69) is 29.0 Å². The van der Waals surface area contributed by atoms with Crippen molar-refractivity contribution in [3.8, 4) is 0 Å². The molecular formula is C15H23N3. The second-order valence-corrected chi connectivity index (χ2v) is 5.56. The van der Waals surface area contributed by atoms with Gasteiger partial charge in [-0.15, -0.1) is 0 Å². The molecule has 0 saturated carbocycles. The first-order valence-electron chi connectivity index (χ1n) is 7.31. The number of piperidine rings is 2. The number of nitrogens with one attached hydrogen (secondary N) is 2. The summed E-state index contributed by atoms with van der Waals surface area (Å²) in [6, 6.07) is 4.59. The van der Waals surface area contributed by atoms with Crippen LogP contribution in [0.3, 0.4) is 0 Å². The largest absolute Gasteiger partial charge is 0.317 e. The predicted molar refractivity (Wildman–Crippen MR) is 73.9 cm³/mol. The van der Waals surface area contributed by atoms with E-state index in [0.717, 1.165) is 32.1 Å². The first kappa shape index (κ1) is 12.1. The van der Waals surface area contributed by atoms with Crippen LogP contribution in [0.2, 0.25) is 0 Å². The van der Waals surface area contributed by atoms with Crippen molar-refractivity contribution in [2.75, 3.05) is 26.2 Å². The van der Waals surface area contributed by atoms with Crippen LogP contribution in [0.5, 0.6) is 0 Å². The lowest BCUT2D eigenvalue weighted by Crippen LogP contribution is -2.27. The van der Waals surface area contributed by atoms with Crippen molar-refractivity contribution >= 4 is 0 Å². The van der Waals surface area contributed by atoms with E-state index in [4.69, 9.17) is 4.98 Å². The van der Waals surface area contributed by atoms with Gasteiger partial charge in [0.2, 0.25) is 0 Å². The molecule has 3 heteroatoms. The van der Waals surface area contributed by atoms with E-state index < -0.39 is 0 Å². The fourth-order valence-electron chi connectivity index (χ4n) is 3.17. The molecular weight excluding hydrogens is 222 g/mol. The highest BCUT2D eigenvalue weighted by Crippen LogP contribution is 2.27. The Labute approximate surface area is 109 Å². The Hall–Kier alpha value is -0.930. The molecule has 2 saturated heterocycles. The number of aromatic nitrogens is 1. The van der Waals surface area contributed by atoms with Crippen LogP contribution in [0.15, 0.2) is 18.3 Å². The highest BCUT2D eigenvalue weighted by atomic mass is 14.9. The summed E-state index contributed by atoms with van der Waals surface area (Å²) in [7, 11) is 0. The van der Waals surface area contributed by atoms with Gasteiger partial charge in [0.15, 0.2) is 0 Å². The molecule has 0 aromatic carbocycles. The van der Waals surface area contributed by atoms with Crippen LogP contribution < -0.4 is 10.6 Å². The summed E-state index contributed by atoms with van der Waals surface area (Å²) in [5.74, 6) is 1.40. The zero-order valence-electron chi connectivity index (χ0n) is 11.0. The number of nitrogens with zero attached hydrogens (tertiary/aromatic N) is 1. The molecule has 0 aliphatic carbocycles. The quantitative estimate of drug-likeness (QED) is 0.837. The van der Waals surface area contributed by atoms with Crippen molar-refractivity contribution in [2.24, 2.45) is 0 Å². The number of rotatable bonds is 2. The molecule has 2 N–H and O–H groups in total. The molecule has 1 aromatic heterocycles. The van der Waals surface area contributed by atoms with Gasteiger partial charge in [-0.2, -0.15) is 0 Å². The van der Waals surface area contributed by atoms with Crippen molar-refractivity contribution in [1.82, 2.24) is 15.6 Å². The van der Waals surface area contributed by atoms with Crippen molar-refractivity contribution in [1.29, 1.82) is 0 Å². The van der Waals surface area contributed by atoms with Crippen molar-refractivity contribution < 1.29 is 0 Å². The maximum atomic E-state index is 4.73. The highest BCUT2D eigenvalue weighted by molar-refractivity contribution is 5.21. The average Bonchev–Trinajstić information content (AvgIpc) is 2.49. The molecule has 3 rings (SSSR count). The number of pyridine rings is 1. The Morgan fingerprint density at radius 1 is 0.833 bits per heavy atom. The minimum atomic E-state index is 0.674. The maximum Gasteiger partial charge on any atom is 0.0435 e. The summed E-state index contributed by atoms with van der Waals surface area (Å²) < 4.78 is 0. The molecule has 98 valence electrons. The summed E-state index contributed by atoms with van der Waals surface area (Å²) >= 11 is 0. The molecule has 0 amide bonds. The SMILES string of the molecule is c1cc(C2CCNCC2)ncc1C1CCNCC1. The van der Waals surface area contributed by atoms with Crippen LogP contribution >= 0.6 is 0 Å². The normalized spacial score (nSPS) is 23.1. The molecule has 0 atom stereocenters. The van der Waals surface area contributed by atoms with Gasteiger partial charge in [0.1, 0.15) is 0 Å². The molecule has 0 spiro atoms. The standard InChI is InChI=1S/C15H23N3/c1-2-15(13-5-9-17-10-6-13)18-11-14(1)12-3-7-16-8-4-12/h1-2,11-13,16-17H,3-10H2. The molecule has 0 bridgehead atoms. The predicted octanol–water partition coefficient (Wildman–Crippen LogP) is 2.02. The van der Waals surface area contributed by atoms with Crippen molar-refractivity contribution in [2.45, 2.75) is 37.5 Å². The maximum absolute atomic E-state index is 4.73. The van der Waals surface area contributed by atoms with Gasteiger partial charge < -0.3 is 10.6 Å². The summed E-state index contributed by atoms with van der Waals surface area (Å²) in [6.07, 6.45) is 7.12. The molecule has 18 heavy (non-hydrogen) atoms. The topological polar surface area (TPSA) is 37.0 Å². The summed E-state index contributed by atoms with van der Waals surface area (Å²) in [6.45, 7) is 4.59. The van der Waals surface area contributed by atoms with E-state index in [1.165, 1.54) is 36.9 Å². The smallest absolute Gasteiger partial charge is 0.0435 e.